The molecule has 4 N–H and O–H groups in total. The zero-order chi connectivity index (χ0) is 16.7. The first-order chi connectivity index (χ1) is 11.2. The van der Waals surface area contributed by atoms with Gasteiger partial charge >= 0.3 is 0 Å². The molecule has 1 amide bonds. The maximum atomic E-state index is 11.9. The molecule has 0 spiro atoms. The molecule has 7 nitrogen and oxygen atoms in total. The van der Waals surface area contributed by atoms with E-state index in [2.05, 4.69) is 15.8 Å². The Bertz CT molecular complexity index is 637. The summed E-state index contributed by atoms with van der Waals surface area (Å²) in [5.74, 6) is 4.14. The number of rotatable bonds is 8. The quantitative estimate of drug-likeness (QED) is 0.378. The van der Waals surface area contributed by atoms with E-state index >= 15 is 0 Å². The fourth-order valence-corrected chi connectivity index (χ4v) is 2.19. The molecule has 0 radical (unpaired) electrons. The number of nitrogens with two attached hydrogens (primary N) is 1. The Morgan fingerprint density at radius 3 is 2.61 bits per heavy atom. The summed E-state index contributed by atoms with van der Waals surface area (Å²) >= 11 is 0. The molecule has 0 aliphatic rings. The lowest BCUT2D eigenvalue weighted by Crippen LogP contribution is -2.47. The minimum atomic E-state index is -0.637. The summed E-state index contributed by atoms with van der Waals surface area (Å²) in [4.78, 5) is 23.8. The van der Waals surface area contributed by atoms with Crippen LogP contribution in [0.5, 0.6) is 0 Å². The number of benzene rings is 1. The van der Waals surface area contributed by atoms with Crippen LogP contribution in [0.1, 0.15) is 25.3 Å². The summed E-state index contributed by atoms with van der Waals surface area (Å²) in [6.45, 7) is 2.21. The largest absolute Gasteiger partial charge is 0.345 e. The lowest BCUT2D eigenvalue weighted by molar-refractivity contribution is -0.139. The summed E-state index contributed by atoms with van der Waals surface area (Å²) in [7, 11) is 0. The van der Waals surface area contributed by atoms with Gasteiger partial charge in [0.1, 0.15) is 0 Å². The van der Waals surface area contributed by atoms with Crippen LogP contribution in [0.2, 0.25) is 0 Å². The highest BCUT2D eigenvalue weighted by atomic mass is 16.2. The number of carbonyl (C=O) groups excluding carboxylic acids is 2. The summed E-state index contributed by atoms with van der Waals surface area (Å²) in [5, 5.41) is 6.76. The van der Waals surface area contributed by atoms with E-state index < -0.39 is 17.7 Å². The molecule has 0 saturated heterocycles. The molecule has 0 aliphatic carbocycles. The first-order valence-corrected chi connectivity index (χ1v) is 7.52. The van der Waals surface area contributed by atoms with Gasteiger partial charge in [-0.3, -0.25) is 15.4 Å². The molecule has 0 bridgehead atoms. The molecular weight excluding hydrogens is 294 g/mol. The van der Waals surface area contributed by atoms with E-state index in [1.54, 1.807) is 10.9 Å². The van der Waals surface area contributed by atoms with Crippen LogP contribution in [0.4, 0.5) is 0 Å². The van der Waals surface area contributed by atoms with Crippen LogP contribution in [-0.2, 0) is 16.1 Å². The van der Waals surface area contributed by atoms with E-state index in [9.17, 15) is 9.59 Å². The van der Waals surface area contributed by atoms with Crippen molar-refractivity contribution in [3.8, 4) is 5.69 Å². The van der Waals surface area contributed by atoms with Gasteiger partial charge in [0.2, 0.25) is 5.78 Å². The van der Waals surface area contributed by atoms with E-state index in [0.717, 1.165) is 17.7 Å². The van der Waals surface area contributed by atoms with Crippen LogP contribution in [-0.4, -0.2) is 27.5 Å². The molecule has 1 heterocycles. The molecule has 1 aromatic carbocycles. The Morgan fingerprint density at radius 1 is 1.30 bits per heavy atom. The molecule has 1 aromatic heterocycles. The maximum absolute atomic E-state index is 11.9. The Kier molecular flexibility index (Phi) is 6.02. The Hall–Kier alpha value is -2.51. The molecule has 122 valence electrons. The Balaban J connectivity index is 1.90. The van der Waals surface area contributed by atoms with Crippen molar-refractivity contribution in [2.24, 2.45) is 5.84 Å². The topological polar surface area (TPSA) is 102 Å². The van der Waals surface area contributed by atoms with Crippen LogP contribution >= 0.6 is 0 Å². The SMILES string of the molecule is CCCC(NN)C(=O)C(=O)NCc1ccc(-n2cccn2)cc1. The van der Waals surface area contributed by atoms with Crippen molar-refractivity contribution >= 4 is 11.7 Å². The highest BCUT2D eigenvalue weighted by Gasteiger charge is 2.22. The second-order valence-electron chi connectivity index (χ2n) is 5.17. The van der Waals surface area contributed by atoms with Gasteiger partial charge in [0.05, 0.1) is 11.7 Å². The lowest BCUT2D eigenvalue weighted by Gasteiger charge is -2.13. The first-order valence-electron chi connectivity index (χ1n) is 7.52. The molecular formula is C16H21N5O2. The van der Waals surface area contributed by atoms with Gasteiger partial charge in [-0.25, -0.2) is 10.1 Å². The fourth-order valence-electron chi connectivity index (χ4n) is 2.19. The van der Waals surface area contributed by atoms with Crippen LogP contribution < -0.4 is 16.6 Å². The second kappa shape index (κ2) is 8.21. The van der Waals surface area contributed by atoms with Crippen LogP contribution in [0, 0.1) is 0 Å². The van der Waals surface area contributed by atoms with E-state index in [4.69, 9.17) is 5.84 Å². The van der Waals surface area contributed by atoms with E-state index in [-0.39, 0.29) is 6.54 Å². The zero-order valence-corrected chi connectivity index (χ0v) is 13.0. The van der Waals surface area contributed by atoms with Gasteiger partial charge in [-0.05, 0) is 30.2 Å². The number of ketones is 1. The average Bonchev–Trinajstić information content (AvgIpc) is 3.12. The number of nitrogens with zero attached hydrogens (tertiary/aromatic N) is 2. The smallest absolute Gasteiger partial charge is 0.289 e. The number of hydrogen-bond donors (Lipinski definition) is 3. The van der Waals surface area contributed by atoms with Crippen LogP contribution in [0.15, 0.2) is 42.7 Å². The third-order valence-corrected chi connectivity index (χ3v) is 3.48. The Morgan fingerprint density at radius 2 is 2.04 bits per heavy atom. The van der Waals surface area contributed by atoms with Gasteiger partial charge in [-0.2, -0.15) is 5.10 Å². The molecule has 0 fully saturated rings. The van der Waals surface area contributed by atoms with E-state index in [0.29, 0.717) is 6.42 Å². The second-order valence-corrected chi connectivity index (χ2v) is 5.17. The number of nitrogens with one attached hydrogen (secondary N) is 2. The van der Waals surface area contributed by atoms with E-state index in [1.165, 1.54) is 0 Å². The third kappa shape index (κ3) is 4.48. The van der Waals surface area contributed by atoms with Gasteiger partial charge in [0, 0.05) is 18.9 Å². The van der Waals surface area contributed by atoms with Crippen LogP contribution in [0.3, 0.4) is 0 Å². The van der Waals surface area contributed by atoms with Gasteiger partial charge in [-0.15, -0.1) is 0 Å². The van der Waals surface area contributed by atoms with Crippen molar-refractivity contribution in [1.29, 1.82) is 0 Å². The van der Waals surface area contributed by atoms with Crippen molar-refractivity contribution in [1.82, 2.24) is 20.5 Å². The van der Waals surface area contributed by atoms with Crippen LogP contribution in [0.25, 0.3) is 5.69 Å². The van der Waals surface area contributed by atoms with E-state index in [1.807, 2.05) is 43.5 Å². The number of aromatic nitrogens is 2. The molecule has 1 atom stereocenters. The molecule has 2 aromatic rings. The van der Waals surface area contributed by atoms with Crippen molar-refractivity contribution in [3.63, 3.8) is 0 Å². The highest BCUT2D eigenvalue weighted by Crippen LogP contribution is 2.08. The number of hydrogen-bond acceptors (Lipinski definition) is 5. The van der Waals surface area contributed by atoms with Crippen molar-refractivity contribution in [2.75, 3.05) is 0 Å². The number of amides is 1. The standard InChI is InChI=1S/C16H21N5O2/c1-2-4-14(20-17)15(22)16(23)18-11-12-5-7-13(8-6-12)21-10-3-9-19-21/h3,5-10,14,20H,2,4,11,17H2,1H3,(H,18,23). The minimum Gasteiger partial charge on any atom is -0.345 e. The predicted octanol–water partition coefficient (Wildman–Crippen LogP) is 0.690. The predicted molar refractivity (Wildman–Crippen MR) is 86.4 cm³/mol. The summed E-state index contributed by atoms with van der Waals surface area (Å²) in [5.41, 5.74) is 4.21. The van der Waals surface area contributed by atoms with Crippen molar-refractivity contribution in [3.05, 3.63) is 48.3 Å². The molecule has 1 unspecified atom stereocenters. The fraction of sp³-hybridized carbons (Fsp3) is 0.312. The molecule has 0 saturated carbocycles. The average molecular weight is 315 g/mol. The van der Waals surface area contributed by atoms with Gasteiger partial charge in [0.25, 0.3) is 5.91 Å². The van der Waals surface area contributed by atoms with Gasteiger partial charge in [0.15, 0.2) is 0 Å². The van der Waals surface area contributed by atoms with Crippen molar-refractivity contribution < 1.29 is 9.59 Å². The zero-order valence-electron chi connectivity index (χ0n) is 13.0. The third-order valence-electron chi connectivity index (χ3n) is 3.48. The highest BCUT2D eigenvalue weighted by molar-refractivity contribution is 6.38. The van der Waals surface area contributed by atoms with Gasteiger partial charge in [-0.1, -0.05) is 25.5 Å². The van der Waals surface area contributed by atoms with Crippen molar-refractivity contribution in [2.45, 2.75) is 32.4 Å². The summed E-state index contributed by atoms with van der Waals surface area (Å²) in [6.07, 6.45) is 4.85. The number of hydrazine groups is 1. The molecule has 0 aliphatic heterocycles. The Labute approximate surface area is 134 Å². The normalized spacial score (nSPS) is 11.9. The lowest BCUT2D eigenvalue weighted by atomic mass is 10.1. The summed E-state index contributed by atoms with van der Waals surface area (Å²) in [6, 6.07) is 8.77. The molecule has 23 heavy (non-hydrogen) atoms. The maximum Gasteiger partial charge on any atom is 0.289 e. The number of carbonyl (C=O) groups is 2. The van der Waals surface area contributed by atoms with Gasteiger partial charge < -0.3 is 5.32 Å². The minimum absolute atomic E-state index is 0.285. The molecule has 2 rings (SSSR count). The number of Topliss-reactive ketones (excluding diaryl/α,β-unsaturated/α-hetero) is 1. The summed E-state index contributed by atoms with van der Waals surface area (Å²) < 4.78 is 1.74. The monoisotopic (exact) mass is 315 g/mol. The first kappa shape index (κ1) is 16.9. The molecule has 7 heteroatoms.